The highest BCUT2D eigenvalue weighted by molar-refractivity contribution is 9.10. The van der Waals surface area contributed by atoms with Gasteiger partial charge >= 0.3 is 0 Å². The molecule has 1 atom stereocenters. The van der Waals surface area contributed by atoms with E-state index in [0.29, 0.717) is 18.4 Å². The molecule has 0 aromatic heterocycles. The zero-order valence-electron chi connectivity index (χ0n) is 8.30. The molecule has 0 unspecified atom stereocenters. The fourth-order valence-electron chi connectivity index (χ4n) is 1.68. The van der Waals surface area contributed by atoms with Crippen molar-refractivity contribution >= 4 is 15.9 Å². The molecular formula is C11H13BrFNO. The number of ether oxygens (including phenoxy) is 1. The van der Waals surface area contributed by atoms with Crippen LogP contribution in [-0.4, -0.2) is 19.2 Å². The monoisotopic (exact) mass is 273 g/mol. The van der Waals surface area contributed by atoms with Gasteiger partial charge in [0.25, 0.3) is 0 Å². The molecule has 2 rings (SSSR count). The van der Waals surface area contributed by atoms with Crippen molar-refractivity contribution in [2.75, 3.05) is 13.2 Å². The molecule has 0 spiro atoms. The Kier molecular flexibility index (Phi) is 3.59. The van der Waals surface area contributed by atoms with Gasteiger partial charge in [-0.3, -0.25) is 0 Å². The lowest BCUT2D eigenvalue weighted by Crippen LogP contribution is -2.28. The molecule has 82 valence electrons. The van der Waals surface area contributed by atoms with Gasteiger partial charge < -0.3 is 10.1 Å². The highest BCUT2D eigenvalue weighted by Crippen LogP contribution is 2.21. The van der Waals surface area contributed by atoms with Crippen LogP contribution in [0.15, 0.2) is 22.7 Å². The third-order valence-corrected chi connectivity index (χ3v) is 2.99. The summed E-state index contributed by atoms with van der Waals surface area (Å²) in [6.07, 6.45) is 2.29. The van der Waals surface area contributed by atoms with Gasteiger partial charge in [0, 0.05) is 10.5 Å². The van der Waals surface area contributed by atoms with Gasteiger partial charge in [-0.15, -0.1) is 0 Å². The number of benzene rings is 1. The molecule has 0 bridgehead atoms. The van der Waals surface area contributed by atoms with E-state index in [-0.39, 0.29) is 5.82 Å². The van der Waals surface area contributed by atoms with E-state index in [1.54, 1.807) is 12.1 Å². The Hall–Kier alpha value is -0.610. The van der Waals surface area contributed by atoms with Gasteiger partial charge in [-0.2, -0.15) is 0 Å². The minimum atomic E-state index is -0.317. The predicted molar refractivity (Wildman–Crippen MR) is 60.6 cm³/mol. The quantitative estimate of drug-likeness (QED) is 0.915. The number of halogens is 2. The van der Waals surface area contributed by atoms with Gasteiger partial charge in [-0.25, -0.2) is 4.39 Å². The van der Waals surface area contributed by atoms with E-state index in [4.69, 9.17) is 4.74 Å². The molecule has 1 fully saturated rings. The maximum Gasteiger partial charge on any atom is 0.166 e. The third-order valence-electron chi connectivity index (χ3n) is 2.50. The molecule has 1 aliphatic rings. The van der Waals surface area contributed by atoms with E-state index < -0.39 is 0 Å². The van der Waals surface area contributed by atoms with Crippen molar-refractivity contribution in [3.05, 3.63) is 28.5 Å². The molecule has 1 aliphatic heterocycles. The van der Waals surface area contributed by atoms with Crippen LogP contribution in [0.2, 0.25) is 0 Å². The van der Waals surface area contributed by atoms with Gasteiger partial charge in [0.05, 0.1) is 0 Å². The minimum Gasteiger partial charge on any atom is -0.489 e. The average Bonchev–Trinajstić information content (AvgIpc) is 2.69. The van der Waals surface area contributed by atoms with Gasteiger partial charge in [0.15, 0.2) is 11.6 Å². The van der Waals surface area contributed by atoms with Crippen molar-refractivity contribution in [1.82, 2.24) is 5.32 Å². The van der Waals surface area contributed by atoms with Crippen LogP contribution in [0.5, 0.6) is 5.75 Å². The minimum absolute atomic E-state index is 0.317. The molecule has 1 heterocycles. The van der Waals surface area contributed by atoms with E-state index in [0.717, 1.165) is 17.4 Å². The summed E-state index contributed by atoms with van der Waals surface area (Å²) >= 11 is 3.21. The average molecular weight is 274 g/mol. The van der Waals surface area contributed by atoms with Crippen LogP contribution >= 0.6 is 15.9 Å². The fraction of sp³-hybridized carbons (Fsp3) is 0.455. The number of rotatable bonds is 3. The standard InChI is InChI=1S/C11H13BrFNO/c12-8-3-4-11(10(13)6-8)15-7-9-2-1-5-14-9/h3-4,6,9,14H,1-2,5,7H2/t9-/m0/s1. The summed E-state index contributed by atoms with van der Waals surface area (Å²) in [5.41, 5.74) is 0. The Bertz CT molecular complexity index is 339. The maximum absolute atomic E-state index is 13.3. The molecule has 0 amide bonds. The van der Waals surface area contributed by atoms with E-state index >= 15 is 0 Å². The third kappa shape index (κ3) is 2.92. The molecule has 1 N–H and O–H groups in total. The van der Waals surface area contributed by atoms with Gasteiger partial charge in [-0.05, 0) is 37.6 Å². The van der Waals surface area contributed by atoms with Gasteiger partial charge in [0.1, 0.15) is 6.61 Å². The van der Waals surface area contributed by atoms with Gasteiger partial charge in [0.2, 0.25) is 0 Å². The molecule has 0 aliphatic carbocycles. The van der Waals surface area contributed by atoms with E-state index in [1.807, 2.05) is 0 Å². The van der Waals surface area contributed by atoms with Crippen LogP contribution < -0.4 is 10.1 Å². The second-order valence-electron chi connectivity index (χ2n) is 3.68. The first-order valence-corrected chi connectivity index (χ1v) is 5.86. The molecule has 1 saturated heterocycles. The zero-order valence-corrected chi connectivity index (χ0v) is 9.89. The van der Waals surface area contributed by atoms with Crippen LogP contribution in [0.25, 0.3) is 0 Å². The molecule has 15 heavy (non-hydrogen) atoms. The lowest BCUT2D eigenvalue weighted by atomic mass is 10.2. The number of nitrogens with one attached hydrogen (secondary N) is 1. The largest absolute Gasteiger partial charge is 0.489 e. The Morgan fingerprint density at radius 2 is 2.40 bits per heavy atom. The predicted octanol–water partition coefficient (Wildman–Crippen LogP) is 2.72. The van der Waals surface area contributed by atoms with Crippen molar-refractivity contribution in [3.63, 3.8) is 0 Å². The van der Waals surface area contributed by atoms with Crippen LogP contribution in [-0.2, 0) is 0 Å². The summed E-state index contributed by atoms with van der Waals surface area (Å²) in [5, 5.41) is 3.30. The van der Waals surface area contributed by atoms with Gasteiger partial charge in [-0.1, -0.05) is 15.9 Å². The smallest absolute Gasteiger partial charge is 0.166 e. The molecule has 1 aromatic carbocycles. The molecule has 0 saturated carbocycles. The lowest BCUT2D eigenvalue weighted by molar-refractivity contribution is 0.265. The first-order chi connectivity index (χ1) is 7.25. The van der Waals surface area contributed by atoms with E-state index in [2.05, 4.69) is 21.2 Å². The highest BCUT2D eigenvalue weighted by atomic mass is 79.9. The Labute approximate surface area is 96.9 Å². The summed E-state index contributed by atoms with van der Waals surface area (Å²) in [7, 11) is 0. The summed E-state index contributed by atoms with van der Waals surface area (Å²) < 4.78 is 19.5. The summed E-state index contributed by atoms with van der Waals surface area (Å²) in [4.78, 5) is 0. The normalized spacial score (nSPS) is 20.5. The Morgan fingerprint density at radius 1 is 1.53 bits per heavy atom. The highest BCUT2D eigenvalue weighted by Gasteiger charge is 2.15. The Balaban J connectivity index is 1.92. The van der Waals surface area contributed by atoms with Crippen molar-refractivity contribution in [2.45, 2.75) is 18.9 Å². The Morgan fingerprint density at radius 3 is 3.07 bits per heavy atom. The molecular weight excluding hydrogens is 261 g/mol. The molecule has 4 heteroatoms. The first kappa shape index (κ1) is 10.9. The number of hydrogen-bond donors (Lipinski definition) is 1. The first-order valence-electron chi connectivity index (χ1n) is 5.07. The lowest BCUT2D eigenvalue weighted by Gasteiger charge is -2.12. The maximum atomic E-state index is 13.3. The van der Waals surface area contributed by atoms with Crippen molar-refractivity contribution in [1.29, 1.82) is 0 Å². The summed E-state index contributed by atoms with van der Waals surface area (Å²) in [6.45, 7) is 1.58. The SMILES string of the molecule is Fc1cc(Br)ccc1OC[C@@H]1CCCN1. The van der Waals surface area contributed by atoms with Crippen LogP contribution in [0.1, 0.15) is 12.8 Å². The molecule has 1 aromatic rings. The zero-order chi connectivity index (χ0) is 10.7. The van der Waals surface area contributed by atoms with Crippen molar-refractivity contribution < 1.29 is 9.13 Å². The summed E-state index contributed by atoms with van der Waals surface area (Å²) in [5.74, 6) is 0.00859. The summed E-state index contributed by atoms with van der Waals surface area (Å²) in [6, 6.07) is 5.21. The molecule has 2 nitrogen and oxygen atoms in total. The van der Waals surface area contributed by atoms with Crippen LogP contribution in [0, 0.1) is 5.82 Å². The van der Waals surface area contributed by atoms with Crippen LogP contribution in [0.4, 0.5) is 4.39 Å². The van der Waals surface area contributed by atoms with Crippen molar-refractivity contribution in [2.24, 2.45) is 0 Å². The fourth-order valence-corrected chi connectivity index (χ4v) is 2.01. The van der Waals surface area contributed by atoms with E-state index in [9.17, 15) is 4.39 Å². The van der Waals surface area contributed by atoms with Crippen molar-refractivity contribution in [3.8, 4) is 5.75 Å². The van der Waals surface area contributed by atoms with Crippen LogP contribution in [0.3, 0.4) is 0 Å². The number of hydrogen-bond acceptors (Lipinski definition) is 2. The molecule has 0 radical (unpaired) electrons. The second kappa shape index (κ2) is 4.94. The second-order valence-corrected chi connectivity index (χ2v) is 4.59. The van der Waals surface area contributed by atoms with E-state index in [1.165, 1.54) is 12.5 Å². The topological polar surface area (TPSA) is 21.3 Å².